The van der Waals surface area contributed by atoms with E-state index in [1.165, 1.54) is 12.8 Å². The lowest BCUT2D eigenvalue weighted by Gasteiger charge is -2.32. The fourth-order valence-corrected chi connectivity index (χ4v) is 2.92. The number of nitrogens with one attached hydrogen (secondary N) is 1. The minimum atomic E-state index is 0.253. The summed E-state index contributed by atoms with van der Waals surface area (Å²) in [6.45, 7) is 5.71. The SMILES string of the molecule is CNCC1CCCN(CC(=O)c2ccccc2C)C1. The summed E-state index contributed by atoms with van der Waals surface area (Å²) in [5, 5.41) is 3.24. The summed E-state index contributed by atoms with van der Waals surface area (Å²) < 4.78 is 0. The van der Waals surface area contributed by atoms with Crippen molar-refractivity contribution >= 4 is 5.78 Å². The topological polar surface area (TPSA) is 32.3 Å². The van der Waals surface area contributed by atoms with Crippen molar-refractivity contribution in [3.8, 4) is 0 Å². The lowest BCUT2D eigenvalue weighted by Crippen LogP contribution is -2.41. The molecule has 1 heterocycles. The van der Waals surface area contributed by atoms with Crippen molar-refractivity contribution in [2.24, 2.45) is 5.92 Å². The Balaban J connectivity index is 1.93. The van der Waals surface area contributed by atoms with E-state index in [2.05, 4.69) is 10.2 Å². The third kappa shape index (κ3) is 3.88. The maximum absolute atomic E-state index is 12.3. The van der Waals surface area contributed by atoms with Gasteiger partial charge in [0, 0.05) is 12.1 Å². The van der Waals surface area contributed by atoms with E-state index >= 15 is 0 Å². The maximum Gasteiger partial charge on any atom is 0.177 e. The van der Waals surface area contributed by atoms with Gasteiger partial charge in [-0.2, -0.15) is 0 Å². The molecule has 104 valence electrons. The molecular weight excluding hydrogens is 236 g/mol. The minimum absolute atomic E-state index is 0.253. The molecule has 0 aromatic heterocycles. The third-order valence-electron chi connectivity index (χ3n) is 3.91. The number of hydrogen-bond acceptors (Lipinski definition) is 3. The van der Waals surface area contributed by atoms with E-state index in [1.807, 2.05) is 38.2 Å². The van der Waals surface area contributed by atoms with E-state index in [4.69, 9.17) is 0 Å². The number of rotatable bonds is 5. The summed E-state index contributed by atoms with van der Waals surface area (Å²) in [5.74, 6) is 0.937. The number of likely N-dealkylation sites (tertiary alicyclic amines) is 1. The van der Waals surface area contributed by atoms with Crippen LogP contribution in [0.25, 0.3) is 0 Å². The van der Waals surface area contributed by atoms with Crippen LogP contribution in [0.15, 0.2) is 24.3 Å². The van der Waals surface area contributed by atoms with Crippen LogP contribution in [0.1, 0.15) is 28.8 Å². The van der Waals surface area contributed by atoms with E-state index in [-0.39, 0.29) is 5.78 Å². The van der Waals surface area contributed by atoms with Gasteiger partial charge in [0.25, 0.3) is 0 Å². The monoisotopic (exact) mass is 260 g/mol. The second-order valence-electron chi connectivity index (χ2n) is 5.54. The van der Waals surface area contributed by atoms with Gasteiger partial charge in [-0.15, -0.1) is 0 Å². The van der Waals surface area contributed by atoms with Crippen LogP contribution in [0.4, 0.5) is 0 Å². The first-order valence-electron chi connectivity index (χ1n) is 7.16. The normalized spacial score (nSPS) is 20.4. The molecule has 0 radical (unpaired) electrons. The van der Waals surface area contributed by atoms with Crippen LogP contribution in [0.2, 0.25) is 0 Å². The summed E-state index contributed by atoms with van der Waals surface area (Å²) in [6, 6.07) is 7.87. The van der Waals surface area contributed by atoms with Crippen LogP contribution in [-0.4, -0.2) is 43.9 Å². The van der Waals surface area contributed by atoms with Crippen molar-refractivity contribution in [3.63, 3.8) is 0 Å². The Bertz CT molecular complexity index is 429. The summed E-state index contributed by atoms with van der Waals surface area (Å²) in [5.41, 5.74) is 1.95. The van der Waals surface area contributed by atoms with Crippen LogP contribution in [0.5, 0.6) is 0 Å². The summed E-state index contributed by atoms with van der Waals surface area (Å²) in [6.07, 6.45) is 2.48. The van der Waals surface area contributed by atoms with Gasteiger partial charge in [-0.1, -0.05) is 24.3 Å². The molecule has 1 atom stereocenters. The number of Topliss-reactive ketones (excluding diaryl/α,β-unsaturated/α-hetero) is 1. The largest absolute Gasteiger partial charge is 0.319 e. The molecule has 0 amide bonds. The van der Waals surface area contributed by atoms with Crippen molar-refractivity contribution in [1.29, 1.82) is 0 Å². The van der Waals surface area contributed by atoms with Gasteiger partial charge < -0.3 is 5.32 Å². The second-order valence-corrected chi connectivity index (χ2v) is 5.54. The standard InChI is InChI=1S/C16H24N2O/c1-13-6-3-4-8-15(13)16(19)12-18-9-5-7-14(11-18)10-17-2/h3-4,6,8,14,17H,5,7,9-12H2,1-2H3. The van der Waals surface area contributed by atoms with Crippen molar-refractivity contribution in [2.75, 3.05) is 33.2 Å². The Kier molecular flexibility index (Phi) is 5.11. The van der Waals surface area contributed by atoms with Gasteiger partial charge in [-0.05, 0) is 51.4 Å². The molecule has 1 aromatic rings. The smallest absolute Gasteiger partial charge is 0.177 e. The highest BCUT2D eigenvalue weighted by Crippen LogP contribution is 2.17. The molecule has 0 aliphatic carbocycles. The van der Waals surface area contributed by atoms with Gasteiger partial charge in [0.15, 0.2) is 5.78 Å². The lowest BCUT2D eigenvalue weighted by molar-refractivity contribution is 0.0886. The number of benzene rings is 1. The third-order valence-corrected chi connectivity index (χ3v) is 3.91. The molecule has 1 aromatic carbocycles. The summed E-state index contributed by atoms with van der Waals surface area (Å²) in [7, 11) is 2.00. The molecule has 1 aliphatic rings. The molecular formula is C16H24N2O. The van der Waals surface area contributed by atoms with Gasteiger partial charge in [-0.3, -0.25) is 9.69 Å². The number of carbonyl (C=O) groups is 1. The quantitative estimate of drug-likeness (QED) is 0.823. The highest BCUT2D eigenvalue weighted by atomic mass is 16.1. The highest BCUT2D eigenvalue weighted by molar-refractivity contribution is 5.98. The minimum Gasteiger partial charge on any atom is -0.319 e. The van der Waals surface area contributed by atoms with Crippen LogP contribution in [-0.2, 0) is 0 Å². The summed E-state index contributed by atoms with van der Waals surface area (Å²) in [4.78, 5) is 14.6. The molecule has 2 rings (SSSR count). The highest BCUT2D eigenvalue weighted by Gasteiger charge is 2.21. The Morgan fingerprint density at radius 1 is 1.42 bits per heavy atom. The number of carbonyl (C=O) groups excluding carboxylic acids is 1. The molecule has 1 saturated heterocycles. The lowest BCUT2D eigenvalue weighted by atomic mass is 9.97. The van der Waals surface area contributed by atoms with Crippen LogP contribution >= 0.6 is 0 Å². The number of hydrogen-bond donors (Lipinski definition) is 1. The van der Waals surface area contributed by atoms with E-state index in [1.54, 1.807) is 0 Å². The second kappa shape index (κ2) is 6.83. The van der Waals surface area contributed by atoms with Gasteiger partial charge in [0.1, 0.15) is 0 Å². The zero-order valence-corrected chi connectivity index (χ0v) is 12.0. The first kappa shape index (κ1) is 14.2. The number of piperidine rings is 1. The Morgan fingerprint density at radius 3 is 2.95 bits per heavy atom. The zero-order chi connectivity index (χ0) is 13.7. The number of ketones is 1. The molecule has 19 heavy (non-hydrogen) atoms. The van der Waals surface area contributed by atoms with Gasteiger partial charge in [0.05, 0.1) is 6.54 Å². The average Bonchev–Trinajstić information content (AvgIpc) is 2.40. The Hall–Kier alpha value is -1.19. The van der Waals surface area contributed by atoms with Gasteiger partial charge >= 0.3 is 0 Å². The van der Waals surface area contributed by atoms with Crippen molar-refractivity contribution in [3.05, 3.63) is 35.4 Å². The predicted molar refractivity (Wildman–Crippen MR) is 78.6 cm³/mol. The van der Waals surface area contributed by atoms with E-state index < -0.39 is 0 Å². The van der Waals surface area contributed by atoms with Crippen molar-refractivity contribution in [2.45, 2.75) is 19.8 Å². The van der Waals surface area contributed by atoms with Crippen molar-refractivity contribution < 1.29 is 4.79 Å². The van der Waals surface area contributed by atoms with Crippen molar-refractivity contribution in [1.82, 2.24) is 10.2 Å². The molecule has 3 heteroatoms. The first-order chi connectivity index (χ1) is 9.20. The van der Waals surface area contributed by atoms with Crippen LogP contribution < -0.4 is 5.32 Å². The van der Waals surface area contributed by atoms with E-state index in [0.717, 1.165) is 30.8 Å². The Labute approximate surface area is 116 Å². The van der Waals surface area contributed by atoms with Crippen LogP contribution in [0.3, 0.4) is 0 Å². The molecule has 1 unspecified atom stereocenters. The first-order valence-corrected chi connectivity index (χ1v) is 7.16. The van der Waals surface area contributed by atoms with E-state index in [9.17, 15) is 4.79 Å². The fraction of sp³-hybridized carbons (Fsp3) is 0.562. The molecule has 1 fully saturated rings. The molecule has 1 N–H and O–H groups in total. The number of nitrogens with zero attached hydrogens (tertiary/aromatic N) is 1. The average molecular weight is 260 g/mol. The van der Waals surface area contributed by atoms with Gasteiger partial charge in [-0.25, -0.2) is 0 Å². The molecule has 1 aliphatic heterocycles. The molecule has 0 saturated carbocycles. The molecule has 0 spiro atoms. The zero-order valence-electron chi connectivity index (χ0n) is 12.0. The predicted octanol–water partition coefficient (Wildman–Crippen LogP) is 2.11. The molecule has 0 bridgehead atoms. The fourth-order valence-electron chi connectivity index (χ4n) is 2.92. The number of aryl methyl sites for hydroxylation is 1. The van der Waals surface area contributed by atoms with Gasteiger partial charge in [0.2, 0.25) is 0 Å². The Morgan fingerprint density at radius 2 is 2.21 bits per heavy atom. The van der Waals surface area contributed by atoms with E-state index in [0.29, 0.717) is 12.5 Å². The maximum atomic E-state index is 12.3. The summed E-state index contributed by atoms with van der Waals surface area (Å²) >= 11 is 0. The van der Waals surface area contributed by atoms with Crippen LogP contribution in [0, 0.1) is 12.8 Å². The molecule has 3 nitrogen and oxygen atoms in total.